The molecular weight excluding hydrogens is 284 g/mol. The molecule has 1 aromatic carbocycles. The molecule has 20 heavy (non-hydrogen) atoms. The second kappa shape index (κ2) is 8.12. The molecule has 0 aliphatic heterocycles. The smallest absolute Gasteiger partial charge is 0.113 e. The first-order valence-corrected chi connectivity index (χ1v) is 8.59. The number of hydrogen-bond donors (Lipinski definition) is 0. The van der Waals surface area contributed by atoms with Gasteiger partial charge in [-0.15, -0.1) is 11.3 Å². The van der Waals surface area contributed by atoms with Gasteiger partial charge >= 0.3 is 0 Å². The average molecular weight is 306 g/mol. The summed E-state index contributed by atoms with van der Waals surface area (Å²) >= 11 is 3.09. The van der Waals surface area contributed by atoms with E-state index in [0.29, 0.717) is 0 Å². The van der Waals surface area contributed by atoms with Crippen LogP contribution in [0.25, 0.3) is 21.5 Å². The van der Waals surface area contributed by atoms with Crippen LogP contribution in [0.5, 0.6) is 0 Å². The van der Waals surface area contributed by atoms with Gasteiger partial charge in [-0.05, 0) is 31.5 Å². The second-order valence-electron chi connectivity index (χ2n) is 3.80. The number of nitrogens with zero attached hydrogens (tertiary/aromatic N) is 2. The Balaban J connectivity index is 0.000000461. The van der Waals surface area contributed by atoms with E-state index in [9.17, 15) is 0 Å². The Morgan fingerprint density at radius 3 is 2.05 bits per heavy atom. The summed E-state index contributed by atoms with van der Waals surface area (Å²) in [6.07, 6.45) is 0. The van der Waals surface area contributed by atoms with Gasteiger partial charge < -0.3 is 0 Å². The van der Waals surface area contributed by atoms with Crippen molar-refractivity contribution >= 4 is 34.1 Å². The average Bonchev–Trinajstić information content (AvgIpc) is 3.13. The van der Waals surface area contributed by atoms with Crippen molar-refractivity contribution in [2.75, 3.05) is 0 Å². The van der Waals surface area contributed by atoms with Gasteiger partial charge in [0.05, 0.1) is 11.7 Å². The van der Waals surface area contributed by atoms with Crippen molar-refractivity contribution in [3.63, 3.8) is 0 Å². The van der Waals surface area contributed by atoms with Gasteiger partial charge in [0.15, 0.2) is 0 Å². The molecule has 3 rings (SSSR count). The molecule has 0 atom stereocenters. The molecule has 0 N–H and O–H groups in total. The van der Waals surface area contributed by atoms with Crippen LogP contribution in [0.1, 0.15) is 38.1 Å². The molecule has 2 heterocycles. The second-order valence-corrected chi connectivity index (χ2v) is 5.62. The standard InChI is InChI=1S/C12H10N2S2.2C2H6/c1-7-3-5-9(10-6-4-8(2)15-10)12-11(7)13-16-14-12;2*1-2/h3-6H,1-2H3;2*1-2H3. The van der Waals surface area contributed by atoms with Crippen molar-refractivity contribution in [1.82, 2.24) is 8.75 Å². The zero-order chi connectivity index (χ0) is 15.1. The molecule has 2 aromatic heterocycles. The molecule has 0 spiro atoms. The molecule has 2 nitrogen and oxygen atoms in total. The number of thiophene rings is 1. The van der Waals surface area contributed by atoms with Crippen LogP contribution < -0.4 is 0 Å². The summed E-state index contributed by atoms with van der Waals surface area (Å²) < 4.78 is 8.75. The fourth-order valence-electron chi connectivity index (χ4n) is 1.77. The molecule has 0 amide bonds. The molecule has 0 saturated heterocycles. The minimum atomic E-state index is 1.03. The van der Waals surface area contributed by atoms with Crippen LogP contribution in [0.4, 0.5) is 0 Å². The van der Waals surface area contributed by atoms with Crippen molar-refractivity contribution < 1.29 is 0 Å². The molecule has 0 bridgehead atoms. The van der Waals surface area contributed by atoms with Crippen LogP contribution in [-0.2, 0) is 0 Å². The molecule has 108 valence electrons. The number of aromatic nitrogens is 2. The zero-order valence-electron chi connectivity index (χ0n) is 13.0. The van der Waals surface area contributed by atoms with Gasteiger partial charge in [0.25, 0.3) is 0 Å². The van der Waals surface area contributed by atoms with Crippen LogP contribution in [-0.4, -0.2) is 8.75 Å². The highest BCUT2D eigenvalue weighted by atomic mass is 32.1. The van der Waals surface area contributed by atoms with E-state index in [-0.39, 0.29) is 0 Å². The molecular formula is C16H22N2S2. The highest BCUT2D eigenvalue weighted by Gasteiger charge is 2.10. The third-order valence-electron chi connectivity index (χ3n) is 2.62. The van der Waals surface area contributed by atoms with E-state index in [4.69, 9.17) is 0 Å². The summed E-state index contributed by atoms with van der Waals surface area (Å²) in [4.78, 5) is 2.60. The number of benzene rings is 1. The number of fused-ring (bicyclic) bond motifs is 1. The maximum atomic E-state index is 4.40. The molecule has 0 aliphatic carbocycles. The molecule has 0 saturated carbocycles. The van der Waals surface area contributed by atoms with E-state index in [0.717, 1.165) is 11.0 Å². The number of hydrogen-bond acceptors (Lipinski definition) is 4. The van der Waals surface area contributed by atoms with Crippen LogP contribution in [0.2, 0.25) is 0 Å². The van der Waals surface area contributed by atoms with Crippen LogP contribution in [0.3, 0.4) is 0 Å². The molecule has 0 unspecified atom stereocenters. The number of rotatable bonds is 1. The van der Waals surface area contributed by atoms with Crippen LogP contribution in [0.15, 0.2) is 24.3 Å². The summed E-state index contributed by atoms with van der Waals surface area (Å²) in [6.45, 7) is 12.2. The minimum absolute atomic E-state index is 1.03. The summed E-state index contributed by atoms with van der Waals surface area (Å²) in [5.74, 6) is 0. The highest BCUT2D eigenvalue weighted by Crippen LogP contribution is 2.33. The fourth-order valence-corrected chi connectivity index (χ4v) is 3.28. The fraction of sp³-hybridized carbons (Fsp3) is 0.375. The zero-order valence-corrected chi connectivity index (χ0v) is 14.7. The lowest BCUT2D eigenvalue weighted by Gasteiger charge is -2.00. The Hall–Kier alpha value is -1.26. The Kier molecular flexibility index (Phi) is 6.82. The number of aryl methyl sites for hydroxylation is 2. The third kappa shape index (κ3) is 3.44. The highest BCUT2D eigenvalue weighted by molar-refractivity contribution is 7.15. The first kappa shape index (κ1) is 16.8. The van der Waals surface area contributed by atoms with Gasteiger partial charge in [0.1, 0.15) is 11.0 Å². The molecule has 3 aromatic rings. The quantitative estimate of drug-likeness (QED) is 0.543. The van der Waals surface area contributed by atoms with Gasteiger partial charge in [0, 0.05) is 15.3 Å². The van der Waals surface area contributed by atoms with Crippen molar-refractivity contribution in [2.24, 2.45) is 0 Å². The van der Waals surface area contributed by atoms with E-state index >= 15 is 0 Å². The molecule has 0 aliphatic rings. The summed E-state index contributed by atoms with van der Waals surface area (Å²) in [5, 5.41) is 0. The Bertz CT molecular complexity index is 653. The van der Waals surface area contributed by atoms with Gasteiger partial charge in [-0.25, -0.2) is 0 Å². The predicted molar refractivity (Wildman–Crippen MR) is 92.9 cm³/mol. The van der Waals surface area contributed by atoms with Gasteiger partial charge in [-0.2, -0.15) is 8.75 Å². The van der Waals surface area contributed by atoms with Crippen molar-refractivity contribution in [2.45, 2.75) is 41.5 Å². The van der Waals surface area contributed by atoms with Crippen molar-refractivity contribution in [1.29, 1.82) is 0 Å². The topological polar surface area (TPSA) is 25.8 Å². The maximum absolute atomic E-state index is 4.40. The monoisotopic (exact) mass is 306 g/mol. The van der Waals surface area contributed by atoms with Gasteiger partial charge in [-0.3, -0.25) is 0 Å². The molecule has 4 heteroatoms. The lowest BCUT2D eigenvalue weighted by Crippen LogP contribution is -1.80. The normalized spacial score (nSPS) is 9.50. The van der Waals surface area contributed by atoms with Crippen LogP contribution >= 0.6 is 23.1 Å². The van der Waals surface area contributed by atoms with Crippen molar-refractivity contribution in [3.8, 4) is 10.4 Å². The van der Waals surface area contributed by atoms with Crippen molar-refractivity contribution in [3.05, 3.63) is 34.7 Å². The van der Waals surface area contributed by atoms with E-state index in [1.165, 1.54) is 32.6 Å². The SMILES string of the molecule is CC.CC.Cc1ccc(-c2ccc(C)c3nsnc23)s1. The third-order valence-corrected chi connectivity index (χ3v) is 4.19. The Labute approximate surface area is 129 Å². The van der Waals surface area contributed by atoms with E-state index in [2.05, 4.69) is 46.9 Å². The van der Waals surface area contributed by atoms with Gasteiger partial charge in [-0.1, -0.05) is 39.8 Å². The molecule has 0 fully saturated rings. The maximum Gasteiger partial charge on any atom is 0.113 e. The Morgan fingerprint density at radius 1 is 0.800 bits per heavy atom. The van der Waals surface area contributed by atoms with E-state index in [1.54, 1.807) is 11.3 Å². The lowest BCUT2D eigenvalue weighted by atomic mass is 10.1. The molecule has 0 radical (unpaired) electrons. The first-order chi connectivity index (χ1) is 9.75. The first-order valence-electron chi connectivity index (χ1n) is 7.04. The van der Waals surface area contributed by atoms with E-state index < -0.39 is 0 Å². The van der Waals surface area contributed by atoms with Gasteiger partial charge in [0.2, 0.25) is 0 Å². The van der Waals surface area contributed by atoms with E-state index in [1.807, 2.05) is 27.7 Å². The summed E-state index contributed by atoms with van der Waals surface area (Å²) in [5.41, 5.74) is 4.47. The lowest BCUT2D eigenvalue weighted by molar-refractivity contribution is 1.48. The largest absolute Gasteiger partial charge is 0.173 e. The predicted octanol–water partition coefficient (Wildman–Crippen LogP) is 6.09. The van der Waals surface area contributed by atoms with Crippen LogP contribution in [0, 0.1) is 13.8 Å². The Morgan fingerprint density at radius 2 is 1.45 bits per heavy atom. The summed E-state index contributed by atoms with van der Waals surface area (Å²) in [7, 11) is 0. The summed E-state index contributed by atoms with van der Waals surface area (Å²) in [6, 6.07) is 8.56. The minimum Gasteiger partial charge on any atom is -0.173 e.